The summed E-state index contributed by atoms with van der Waals surface area (Å²) >= 11 is 5.13. The normalized spacial score (nSPS) is 10.7. The van der Waals surface area contributed by atoms with Crippen molar-refractivity contribution in [2.75, 3.05) is 0 Å². The Balaban J connectivity index is 2.54. The third-order valence-corrected chi connectivity index (χ3v) is 2.42. The van der Waals surface area contributed by atoms with E-state index < -0.39 is 0 Å². The molecular weight excluding hydrogens is 220 g/mol. The molecule has 0 bridgehead atoms. The summed E-state index contributed by atoms with van der Waals surface area (Å²) in [4.78, 5) is 15.5. The number of nitrogens with one attached hydrogen (secondary N) is 1. The maximum atomic E-state index is 5.13. The molecule has 0 unspecified atom stereocenters. The van der Waals surface area contributed by atoms with Gasteiger partial charge in [-0.25, -0.2) is 15.0 Å². The molecule has 0 aliphatic carbocycles. The van der Waals surface area contributed by atoms with Crippen LogP contribution in [0.1, 0.15) is 25.5 Å². The molecule has 0 atom stereocenters. The van der Waals surface area contributed by atoms with Gasteiger partial charge in [0.15, 0.2) is 5.82 Å². The Morgan fingerprint density at radius 3 is 2.81 bits per heavy atom. The average Bonchev–Trinajstić information content (AvgIpc) is 2.29. The van der Waals surface area contributed by atoms with Crippen molar-refractivity contribution >= 4 is 12.2 Å². The van der Waals surface area contributed by atoms with Gasteiger partial charge in [-0.3, -0.25) is 0 Å². The Morgan fingerprint density at radius 2 is 2.19 bits per heavy atom. The van der Waals surface area contributed by atoms with Crippen molar-refractivity contribution in [3.63, 3.8) is 0 Å². The van der Waals surface area contributed by atoms with E-state index in [1.54, 1.807) is 12.3 Å². The third-order valence-electron chi connectivity index (χ3n) is 2.21. The van der Waals surface area contributed by atoms with E-state index in [9.17, 15) is 0 Å². The summed E-state index contributed by atoms with van der Waals surface area (Å²) in [5.74, 6) is 1.07. The lowest BCUT2D eigenvalue weighted by atomic mass is 10.1. The first kappa shape index (κ1) is 10.9. The molecular formula is C11H12N4S. The molecule has 0 saturated heterocycles. The first-order valence-electron chi connectivity index (χ1n) is 5.04. The summed E-state index contributed by atoms with van der Waals surface area (Å²) in [6.07, 6.45) is 3.18. The Hall–Kier alpha value is -1.62. The largest absolute Gasteiger partial charge is 0.342 e. The maximum Gasteiger partial charge on any atom is 0.157 e. The molecule has 0 radical (unpaired) electrons. The van der Waals surface area contributed by atoms with Gasteiger partial charge in [0.1, 0.15) is 16.7 Å². The van der Waals surface area contributed by atoms with E-state index in [0.717, 1.165) is 11.4 Å². The van der Waals surface area contributed by atoms with Gasteiger partial charge in [0.05, 0.1) is 0 Å². The molecule has 1 N–H and O–H groups in total. The van der Waals surface area contributed by atoms with E-state index >= 15 is 0 Å². The van der Waals surface area contributed by atoms with Crippen LogP contribution in [0.15, 0.2) is 24.7 Å². The van der Waals surface area contributed by atoms with Crippen LogP contribution in [-0.2, 0) is 0 Å². The maximum absolute atomic E-state index is 5.13. The second-order valence-electron chi connectivity index (χ2n) is 3.77. The number of aromatic nitrogens is 4. The fourth-order valence-corrected chi connectivity index (χ4v) is 1.56. The van der Waals surface area contributed by atoms with Gasteiger partial charge >= 0.3 is 0 Å². The molecule has 0 fully saturated rings. The van der Waals surface area contributed by atoms with Gasteiger partial charge in [-0.1, -0.05) is 26.1 Å². The van der Waals surface area contributed by atoms with E-state index in [1.165, 1.54) is 6.33 Å². The predicted octanol–water partition coefficient (Wildman–Crippen LogP) is 2.72. The zero-order chi connectivity index (χ0) is 11.5. The lowest BCUT2D eigenvalue weighted by molar-refractivity contribution is 0.814. The van der Waals surface area contributed by atoms with E-state index in [1.807, 2.05) is 6.07 Å². The molecule has 2 aromatic rings. The average molecular weight is 232 g/mol. The first-order valence-corrected chi connectivity index (χ1v) is 5.45. The van der Waals surface area contributed by atoms with E-state index in [-0.39, 0.29) is 0 Å². The summed E-state index contributed by atoms with van der Waals surface area (Å²) in [7, 11) is 0. The molecule has 2 heterocycles. The molecule has 2 aromatic heterocycles. The summed E-state index contributed by atoms with van der Waals surface area (Å²) in [6.45, 7) is 4.20. The van der Waals surface area contributed by atoms with Crippen molar-refractivity contribution in [1.29, 1.82) is 0 Å². The van der Waals surface area contributed by atoms with Gasteiger partial charge in [0, 0.05) is 11.9 Å². The van der Waals surface area contributed by atoms with Crippen molar-refractivity contribution < 1.29 is 0 Å². The topological polar surface area (TPSA) is 54.5 Å². The standard InChI is InChI=1S/C11H12N4S/c1-7(2)9-5-10(16)15-11(14-9)8-3-4-12-6-13-8/h3-7H,1-2H3,(H,14,15,16). The SMILES string of the molecule is CC(C)c1cc(=S)nc(-c2ccncn2)[nH]1. The van der Waals surface area contributed by atoms with E-state index in [4.69, 9.17) is 12.2 Å². The van der Waals surface area contributed by atoms with Gasteiger partial charge in [0.25, 0.3) is 0 Å². The van der Waals surface area contributed by atoms with Crippen LogP contribution in [0.3, 0.4) is 0 Å². The number of H-pyrrole nitrogens is 1. The fraction of sp³-hybridized carbons (Fsp3) is 0.273. The van der Waals surface area contributed by atoms with Gasteiger partial charge in [0.2, 0.25) is 0 Å². The number of nitrogens with zero attached hydrogens (tertiary/aromatic N) is 3. The quantitative estimate of drug-likeness (QED) is 0.809. The minimum absolute atomic E-state index is 0.380. The highest BCUT2D eigenvalue weighted by Crippen LogP contribution is 2.16. The van der Waals surface area contributed by atoms with Gasteiger partial charge in [-0.15, -0.1) is 0 Å². The molecule has 0 spiro atoms. The molecule has 16 heavy (non-hydrogen) atoms. The summed E-state index contributed by atoms with van der Waals surface area (Å²) in [6, 6.07) is 3.68. The number of aromatic amines is 1. The smallest absolute Gasteiger partial charge is 0.157 e. The minimum atomic E-state index is 0.380. The predicted molar refractivity (Wildman–Crippen MR) is 64.5 cm³/mol. The molecule has 82 valence electrons. The van der Waals surface area contributed by atoms with Crippen LogP contribution < -0.4 is 0 Å². The Bertz CT molecular complexity index is 533. The lowest BCUT2D eigenvalue weighted by Gasteiger charge is -2.07. The second-order valence-corrected chi connectivity index (χ2v) is 4.19. The fourth-order valence-electron chi connectivity index (χ4n) is 1.34. The molecule has 5 heteroatoms. The first-order chi connectivity index (χ1) is 7.66. The van der Waals surface area contributed by atoms with Crippen LogP contribution in [0, 0.1) is 4.64 Å². The zero-order valence-corrected chi connectivity index (χ0v) is 9.95. The number of rotatable bonds is 2. The van der Waals surface area contributed by atoms with Crippen molar-refractivity contribution in [3.8, 4) is 11.5 Å². The Kier molecular flexibility index (Phi) is 3.05. The molecule has 0 aliphatic rings. The Morgan fingerprint density at radius 1 is 1.38 bits per heavy atom. The second kappa shape index (κ2) is 4.49. The van der Waals surface area contributed by atoms with Crippen molar-refractivity contribution in [2.45, 2.75) is 19.8 Å². The summed E-state index contributed by atoms with van der Waals surface area (Å²) in [5, 5.41) is 0. The minimum Gasteiger partial charge on any atom is -0.342 e. The molecule has 2 rings (SSSR count). The zero-order valence-electron chi connectivity index (χ0n) is 9.14. The molecule has 0 aliphatic heterocycles. The van der Waals surface area contributed by atoms with Crippen LogP contribution in [0.25, 0.3) is 11.5 Å². The van der Waals surface area contributed by atoms with Crippen molar-refractivity contribution in [1.82, 2.24) is 19.9 Å². The van der Waals surface area contributed by atoms with Crippen LogP contribution in [0.5, 0.6) is 0 Å². The Labute approximate surface area is 98.8 Å². The van der Waals surface area contributed by atoms with Gasteiger partial charge in [-0.2, -0.15) is 0 Å². The van der Waals surface area contributed by atoms with Crippen LogP contribution in [0.4, 0.5) is 0 Å². The highest BCUT2D eigenvalue weighted by atomic mass is 32.1. The van der Waals surface area contributed by atoms with Crippen LogP contribution >= 0.6 is 12.2 Å². The van der Waals surface area contributed by atoms with E-state index in [0.29, 0.717) is 16.4 Å². The molecule has 0 saturated carbocycles. The van der Waals surface area contributed by atoms with E-state index in [2.05, 4.69) is 33.8 Å². The van der Waals surface area contributed by atoms with Crippen LogP contribution in [0.2, 0.25) is 0 Å². The number of hydrogen-bond acceptors (Lipinski definition) is 4. The lowest BCUT2D eigenvalue weighted by Crippen LogP contribution is -1.99. The molecule has 4 nitrogen and oxygen atoms in total. The monoisotopic (exact) mass is 232 g/mol. The van der Waals surface area contributed by atoms with Crippen molar-refractivity contribution in [2.24, 2.45) is 0 Å². The molecule has 0 aromatic carbocycles. The van der Waals surface area contributed by atoms with Gasteiger partial charge < -0.3 is 4.98 Å². The number of hydrogen-bond donors (Lipinski definition) is 1. The summed E-state index contributed by atoms with van der Waals surface area (Å²) < 4.78 is 0.580. The highest BCUT2D eigenvalue weighted by Gasteiger charge is 2.05. The summed E-state index contributed by atoms with van der Waals surface area (Å²) in [5.41, 5.74) is 1.82. The van der Waals surface area contributed by atoms with Crippen molar-refractivity contribution in [3.05, 3.63) is 35.0 Å². The molecule has 0 amide bonds. The third kappa shape index (κ3) is 2.30. The van der Waals surface area contributed by atoms with Crippen LogP contribution in [-0.4, -0.2) is 19.9 Å². The van der Waals surface area contributed by atoms with Gasteiger partial charge in [-0.05, 0) is 18.1 Å². The highest BCUT2D eigenvalue weighted by molar-refractivity contribution is 7.71.